The molecule has 2 aromatic rings. The van der Waals surface area contributed by atoms with Crippen molar-refractivity contribution in [2.75, 3.05) is 38.0 Å². The molecule has 0 saturated carbocycles. The lowest BCUT2D eigenvalue weighted by Gasteiger charge is -2.33. The van der Waals surface area contributed by atoms with E-state index in [0.717, 1.165) is 5.56 Å². The third-order valence-corrected chi connectivity index (χ3v) is 7.61. The molecule has 1 aliphatic rings. The molecular formula is C20H26N4O5S2. The van der Waals surface area contributed by atoms with Crippen molar-refractivity contribution in [1.29, 1.82) is 0 Å². The monoisotopic (exact) mass is 466 g/mol. The Hall–Kier alpha value is -2.31. The molecule has 0 aromatic heterocycles. The van der Waals surface area contributed by atoms with Gasteiger partial charge in [0.25, 0.3) is 0 Å². The second-order valence-corrected chi connectivity index (χ2v) is 11.1. The number of nitrogens with one attached hydrogen (secondary N) is 1. The zero-order chi connectivity index (χ0) is 22.6. The molecule has 11 heteroatoms. The highest BCUT2D eigenvalue weighted by Crippen LogP contribution is 2.18. The highest BCUT2D eigenvalue weighted by molar-refractivity contribution is 7.89. The number of aryl methyl sites for hydroxylation is 1. The number of hydrogen-bond donors (Lipinski definition) is 2. The Labute approximate surface area is 182 Å². The average Bonchev–Trinajstić information content (AvgIpc) is 2.69. The molecule has 3 rings (SSSR count). The Kier molecular flexibility index (Phi) is 7.12. The number of nitrogens with two attached hydrogens (primary N) is 1. The zero-order valence-electron chi connectivity index (χ0n) is 17.2. The summed E-state index contributed by atoms with van der Waals surface area (Å²) in [5.41, 5.74) is 2.07. The molecule has 1 amide bonds. The van der Waals surface area contributed by atoms with E-state index in [9.17, 15) is 21.6 Å². The van der Waals surface area contributed by atoms with E-state index in [1.807, 2.05) is 11.8 Å². The molecule has 1 aliphatic heterocycles. The van der Waals surface area contributed by atoms with Gasteiger partial charge in [-0.2, -0.15) is 4.31 Å². The van der Waals surface area contributed by atoms with E-state index in [2.05, 4.69) is 5.32 Å². The number of carbonyl (C=O) groups is 1. The lowest BCUT2D eigenvalue weighted by Crippen LogP contribution is -2.50. The molecule has 1 heterocycles. The van der Waals surface area contributed by atoms with Gasteiger partial charge in [-0.05, 0) is 36.8 Å². The summed E-state index contributed by atoms with van der Waals surface area (Å²) in [6.45, 7) is 3.56. The second-order valence-electron chi connectivity index (χ2n) is 7.55. The minimum absolute atomic E-state index is 0.136. The molecule has 2 aromatic carbocycles. The summed E-state index contributed by atoms with van der Waals surface area (Å²) in [5.74, 6) is -0.495. The van der Waals surface area contributed by atoms with Crippen LogP contribution in [0.5, 0.6) is 0 Å². The number of piperazine rings is 1. The molecule has 0 radical (unpaired) electrons. The zero-order valence-corrected chi connectivity index (χ0v) is 18.8. The van der Waals surface area contributed by atoms with Crippen LogP contribution in [0.4, 0.5) is 5.69 Å². The number of nitrogens with zero attached hydrogens (tertiary/aromatic N) is 2. The smallest absolute Gasteiger partial charge is 0.243 e. The van der Waals surface area contributed by atoms with Crippen molar-refractivity contribution in [3.63, 3.8) is 0 Å². The van der Waals surface area contributed by atoms with E-state index < -0.39 is 20.0 Å². The normalized spacial score (nSPS) is 16.2. The summed E-state index contributed by atoms with van der Waals surface area (Å²) < 4.78 is 49.2. The lowest BCUT2D eigenvalue weighted by molar-refractivity contribution is -0.117. The number of sulfonamides is 2. The minimum atomic E-state index is -3.61. The van der Waals surface area contributed by atoms with Gasteiger partial charge < -0.3 is 5.32 Å². The molecular weight excluding hydrogens is 440 g/mol. The van der Waals surface area contributed by atoms with Crippen LogP contribution >= 0.6 is 0 Å². The van der Waals surface area contributed by atoms with Crippen LogP contribution in [0, 0.1) is 6.92 Å². The average molecular weight is 467 g/mol. The number of hydrogen-bond acceptors (Lipinski definition) is 6. The maximum atomic E-state index is 12.8. The predicted octanol–water partition coefficient (Wildman–Crippen LogP) is 0.729. The standard InChI is InChI=1S/C20H26N4O5S2/c1-16-2-8-19(9-3-16)31(28,29)24-12-10-23(11-13-24)14-20(25)22-18-6-4-17(5-7-18)15-30(21,26)27/h2-9H,10-15H2,1H3,(H,22,25)(H2,21,26,27). The summed E-state index contributed by atoms with van der Waals surface area (Å²) in [6.07, 6.45) is 0. The summed E-state index contributed by atoms with van der Waals surface area (Å²) in [5, 5.41) is 7.78. The van der Waals surface area contributed by atoms with Gasteiger partial charge in [0.1, 0.15) is 0 Å². The van der Waals surface area contributed by atoms with Gasteiger partial charge in [0.15, 0.2) is 0 Å². The van der Waals surface area contributed by atoms with Gasteiger partial charge >= 0.3 is 0 Å². The highest BCUT2D eigenvalue weighted by atomic mass is 32.2. The van der Waals surface area contributed by atoms with E-state index in [1.54, 1.807) is 48.5 Å². The van der Waals surface area contributed by atoms with E-state index >= 15 is 0 Å². The number of carbonyl (C=O) groups excluding carboxylic acids is 1. The van der Waals surface area contributed by atoms with Gasteiger partial charge in [0, 0.05) is 31.9 Å². The topological polar surface area (TPSA) is 130 Å². The maximum Gasteiger partial charge on any atom is 0.243 e. The van der Waals surface area contributed by atoms with Crippen LogP contribution in [0.1, 0.15) is 11.1 Å². The third kappa shape index (κ3) is 6.58. The van der Waals surface area contributed by atoms with Gasteiger partial charge in [0.05, 0.1) is 17.2 Å². The number of benzene rings is 2. The quantitative estimate of drug-likeness (QED) is 0.619. The fourth-order valence-electron chi connectivity index (χ4n) is 3.31. The van der Waals surface area contributed by atoms with E-state index in [-0.39, 0.29) is 23.1 Å². The molecule has 0 spiro atoms. The van der Waals surface area contributed by atoms with Crippen LogP contribution in [-0.4, -0.2) is 64.7 Å². The van der Waals surface area contributed by atoms with Crippen LogP contribution in [0.15, 0.2) is 53.4 Å². The molecule has 0 unspecified atom stereocenters. The van der Waals surface area contributed by atoms with Gasteiger partial charge in [-0.25, -0.2) is 22.0 Å². The molecule has 9 nitrogen and oxygen atoms in total. The number of rotatable bonds is 7. The van der Waals surface area contributed by atoms with Crippen LogP contribution in [-0.2, 0) is 30.6 Å². The summed E-state index contributed by atoms with van der Waals surface area (Å²) >= 11 is 0. The molecule has 1 saturated heterocycles. The van der Waals surface area contributed by atoms with Gasteiger partial charge in [0.2, 0.25) is 26.0 Å². The van der Waals surface area contributed by atoms with Gasteiger partial charge in [-0.1, -0.05) is 29.8 Å². The van der Waals surface area contributed by atoms with Gasteiger partial charge in [-0.3, -0.25) is 9.69 Å². The van der Waals surface area contributed by atoms with Crippen LogP contribution in [0.3, 0.4) is 0 Å². The van der Waals surface area contributed by atoms with Crippen molar-refractivity contribution in [3.05, 3.63) is 59.7 Å². The summed E-state index contributed by atoms with van der Waals surface area (Å²) in [4.78, 5) is 14.5. The molecule has 31 heavy (non-hydrogen) atoms. The Morgan fingerprint density at radius 1 is 0.935 bits per heavy atom. The Morgan fingerprint density at radius 2 is 1.52 bits per heavy atom. The van der Waals surface area contributed by atoms with Crippen LogP contribution in [0.25, 0.3) is 0 Å². The first-order valence-corrected chi connectivity index (χ1v) is 12.9. The van der Waals surface area contributed by atoms with Crippen molar-refractivity contribution in [2.45, 2.75) is 17.6 Å². The minimum Gasteiger partial charge on any atom is -0.325 e. The SMILES string of the molecule is Cc1ccc(S(=O)(=O)N2CCN(CC(=O)Nc3ccc(CS(N)(=O)=O)cc3)CC2)cc1. The van der Waals surface area contributed by atoms with Crippen LogP contribution < -0.4 is 10.5 Å². The Morgan fingerprint density at radius 3 is 2.06 bits per heavy atom. The van der Waals surface area contributed by atoms with Crippen molar-refractivity contribution in [3.8, 4) is 0 Å². The lowest BCUT2D eigenvalue weighted by atomic mass is 10.2. The Bertz CT molecular complexity index is 1120. The molecule has 0 atom stereocenters. The maximum absolute atomic E-state index is 12.8. The van der Waals surface area contributed by atoms with Gasteiger partial charge in [-0.15, -0.1) is 0 Å². The predicted molar refractivity (Wildman–Crippen MR) is 118 cm³/mol. The first-order chi connectivity index (χ1) is 14.5. The summed E-state index contributed by atoms with van der Waals surface area (Å²) in [6, 6.07) is 13.2. The number of primary sulfonamides is 1. The van der Waals surface area contributed by atoms with Crippen molar-refractivity contribution in [1.82, 2.24) is 9.21 Å². The van der Waals surface area contributed by atoms with Crippen molar-refractivity contribution in [2.24, 2.45) is 5.14 Å². The molecule has 0 aliphatic carbocycles. The Balaban J connectivity index is 1.50. The van der Waals surface area contributed by atoms with Crippen molar-refractivity contribution >= 4 is 31.6 Å². The van der Waals surface area contributed by atoms with E-state index in [4.69, 9.17) is 5.14 Å². The second kappa shape index (κ2) is 9.45. The number of amides is 1. The molecule has 168 valence electrons. The third-order valence-electron chi connectivity index (χ3n) is 4.96. The van der Waals surface area contributed by atoms with Crippen molar-refractivity contribution < 1.29 is 21.6 Å². The molecule has 3 N–H and O–H groups in total. The number of anilines is 1. The largest absolute Gasteiger partial charge is 0.325 e. The molecule has 1 fully saturated rings. The first-order valence-electron chi connectivity index (χ1n) is 9.71. The molecule has 0 bridgehead atoms. The fraction of sp³-hybridized carbons (Fsp3) is 0.350. The summed E-state index contributed by atoms with van der Waals surface area (Å²) in [7, 11) is -7.15. The van der Waals surface area contributed by atoms with E-state index in [0.29, 0.717) is 37.4 Å². The first kappa shape index (κ1) is 23.4. The van der Waals surface area contributed by atoms with E-state index in [1.165, 1.54) is 4.31 Å². The fourth-order valence-corrected chi connectivity index (χ4v) is 5.39. The van der Waals surface area contributed by atoms with Crippen LogP contribution in [0.2, 0.25) is 0 Å². The highest BCUT2D eigenvalue weighted by Gasteiger charge is 2.29.